The molecule has 6 nitrogen and oxygen atoms in total. The molecular formula is C21H23ClF2O6. The van der Waals surface area contributed by atoms with Gasteiger partial charge in [-0.1, -0.05) is 23.7 Å². The zero-order chi connectivity index (χ0) is 26.3. The molecular weight excluding hydrogens is 422 g/mol. The second kappa shape index (κ2) is 9.55. The van der Waals surface area contributed by atoms with E-state index in [4.69, 9.17) is 23.2 Å². The summed E-state index contributed by atoms with van der Waals surface area (Å²) in [6.07, 6.45) is -7.10. The van der Waals surface area contributed by atoms with Crippen molar-refractivity contribution >= 4 is 11.6 Å². The van der Waals surface area contributed by atoms with Crippen LogP contribution in [0, 0.1) is 11.6 Å². The highest BCUT2D eigenvalue weighted by molar-refractivity contribution is 6.31. The molecule has 3 rings (SSSR count). The zero-order valence-electron chi connectivity index (χ0n) is 20.4. The molecule has 0 unspecified atom stereocenters. The Hall–Kier alpha value is -1.81. The summed E-state index contributed by atoms with van der Waals surface area (Å²) in [6, 6.07) is 6.05. The van der Waals surface area contributed by atoms with E-state index in [1.54, 1.807) is 0 Å². The van der Waals surface area contributed by atoms with Crippen molar-refractivity contribution in [1.29, 1.82) is 0 Å². The van der Waals surface area contributed by atoms with Crippen LogP contribution in [0.25, 0.3) is 0 Å². The topological polar surface area (TPSA) is 99.4 Å². The lowest BCUT2D eigenvalue weighted by Gasteiger charge is -2.40. The van der Waals surface area contributed by atoms with Crippen molar-refractivity contribution in [2.24, 2.45) is 0 Å². The number of hydrogen-bond acceptors (Lipinski definition) is 6. The first-order valence-corrected chi connectivity index (χ1v) is 9.30. The monoisotopic (exact) mass is 449 g/mol. The van der Waals surface area contributed by atoms with Gasteiger partial charge < -0.3 is 29.9 Å². The van der Waals surface area contributed by atoms with Crippen molar-refractivity contribution in [3.05, 3.63) is 63.7 Å². The van der Waals surface area contributed by atoms with E-state index in [0.717, 1.165) is 12.1 Å². The molecule has 2 aromatic carbocycles. The highest BCUT2D eigenvalue weighted by Gasteiger charge is 2.44. The van der Waals surface area contributed by atoms with Crippen LogP contribution in [0.3, 0.4) is 0 Å². The fourth-order valence-electron chi connectivity index (χ4n) is 3.37. The van der Waals surface area contributed by atoms with Crippen LogP contribution in [-0.2, 0) is 11.2 Å². The van der Waals surface area contributed by atoms with E-state index in [1.165, 1.54) is 18.2 Å². The molecule has 1 aliphatic rings. The van der Waals surface area contributed by atoms with Gasteiger partial charge in [0.2, 0.25) is 0 Å². The molecule has 4 N–H and O–H groups in total. The van der Waals surface area contributed by atoms with Gasteiger partial charge >= 0.3 is 0 Å². The Morgan fingerprint density at radius 2 is 1.83 bits per heavy atom. The van der Waals surface area contributed by atoms with Gasteiger partial charge in [-0.05, 0) is 48.2 Å². The third-order valence-corrected chi connectivity index (χ3v) is 5.27. The Bertz CT molecular complexity index is 1050. The maximum absolute atomic E-state index is 14.5. The molecule has 0 radical (unpaired) electrons. The Kier molecular flexibility index (Phi) is 5.36. The van der Waals surface area contributed by atoms with Crippen molar-refractivity contribution < 1.29 is 45.5 Å². The highest BCUT2D eigenvalue weighted by atomic mass is 35.5. The molecule has 30 heavy (non-hydrogen) atoms. The first-order valence-electron chi connectivity index (χ1n) is 11.4. The quantitative estimate of drug-likeness (QED) is 0.539. The normalized spacial score (nSPS) is 30.0. The average molecular weight is 450 g/mol. The second-order valence-electron chi connectivity index (χ2n) is 6.87. The van der Waals surface area contributed by atoms with Gasteiger partial charge in [-0.2, -0.15) is 0 Å². The van der Waals surface area contributed by atoms with E-state index < -0.39 is 67.9 Å². The molecule has 1 saturated heterocycles. The van der Waals surface area contributed by atoms with Crippen LogP contribution in [0.5, 0.6) is 5.75 Å². The van der Waals surface area contributed by atoms with Gasteiger partial charge in [0.15, 0.2) is 17.4 Å². The lowest BCUT2D eigenvalue weighted by Crippen LogP contribution is -2.55. The molecule has 0 spiro atoms. The van der Waals surface area contributed by atoms with E-state index >= 15 is 0 Å². The summed E-state index contributed by atoms with van der Waals surface area (Å²) in [5, 5.41) is 39.9. The van der Waals surface area contributed by atoms with Crippen molar-refractivity contribution in [3.8, 4) is 5.75 Å². The smallest absolute Gasteiger partial charge is 0.190 e. The first-order chi connectivity index (χ1) is 16.2. The third kappa shape index (κ3) is 4.59. The fraction of sp³-hybridized carbons (Fsp3) is 0.429. The Morgan fingerprint density at radius 1 is 1.13 bits per heavy atom. The van der Waals surface area contributed by atoms with Crippen molar-refractivity contribution in [1.82, 2.24) is 0 Å². The molecule has 9 heteroatoms. The van der Waals surface area contributed by atoms with Gasteiger partial charge in [-0.25, -0.2) is 8.78 Å². The molecule has 2 aromatic rings. The summed E-state index contributed by atoms with van der Waals surface area (Å²) in [4.78, 5) is 0. The molecule has 5 atom stereocenters. The largest absolute Gasteiger partial charge is 0.488 e. The lowest BCUT2D eigenvalue weighted by molar-refractivity contribution is -0.231. The van der Waals surface area contributed by atoms with Crippen LogP contribution >= 0.6 is 11.6 Å². The van der Waals surface area contributed by atoms with E-state index in [-0.39, 0.29) is 17.0 Å². The summed E-state index contributed by atoms with van der Waals surface area (Å²) in [5.74, 6) is -3.83. The fourth-order valence-corrected chi connectivity index (χ4v) is 3.55. The van der Waals surface area contributed by atoms with E-state index in [0.29, 0.717) is 11.1 Å². The number of hydrogen-bond donors (Lipinski definition) is 4. The zero-order valence-corrected chi connectivity index (χ0v) is 16.2. The Balaban J connectivity index is 1.88. The molecule has 1 aliphatic heterocycles. The molecule has 0 saturated carbocycles. The molecule has 1 heterocycles. The molecule has 164 valence electrons. The van der Waals surface area contributed by atoms with Crippen LogP contribution in [0.4, 0.5) is 8.78 Å². The minimum atomic E-state index is -3.33. The van der Waals surface area contributed by atoms with E-state index in [2.05, 4.69) is 4.74 Å². The average Bonchev–Trinajstić information content (AvgIpc) is 2.76. The first kappa shape index (κ1) is 16.8. The lowest BCUT2D eigenvalue weighted by atomic mass is 9.90. The molecule has 1 fully saturated rings. The standard InChI is InChI=1S/C21H23ClF2O6/c1-2-29-21-14(23)6-10(7-15(21)24)5-12-8-11(3-4-13(12)22)20-19(28)18(27)17(26)16(9-25)30-20/h3-4,6-8,16-20,25-28H,2,5,9H2,1H3/t16-,17-,18+,19-,20+/m1/s1/i1D3,2D2. The van der Waals surface area contributed by atoms with Gasteiger partial charge in [0.1, 0.15) is 30.5 Å². The maximum atomic E-state index is 14.5. The summed E-state index contributed by atoms with van der Waals surface area (Å²) in [7, 11) is 0. The summed E-state index contributed by atoms with van der Waals surface area (Å²) >= 11 is 6.22. The minimum Gasteiger partial charge on any atom is -0.488 e. The highest BCUT2D eigenvalue weighted by Crippen LogP contribution is 2.35. The van der Waals surface area contributed by atoms with Crippen molar-refractivity contribution in [2.75, 3.05) is 13.2 Å². The minimum absolute atomic E-state index is 0.0506. The van der Waals surface area contributed by atoms with E-state index in [1.807, 2.05) is 0 Å². The number of aliphatic hydroxyl groups excluding tert-OH is 4. The molecule has 0 bridgehead atoms. The molecule has 0 aromatic heterocycles. The number of ether oxygens (including phenoxy) is 2. The summed E-state index contributed by atoms with van der Waals surface area (Å²) < 4.78 is 75.2. The predicted octanol–water partition coefficient (Wildman–Crippen LogP) is 2.12. The van der Waals surface area contributed by atoms with Crippen LogP contribution in [0.2, 0.25) is 5.02 Å². The number of halogens is 3. The van der Waals surface area contributed by atoms with Crippen LogP contribution in [0.1, 0.15) is 36.5 Å². The van der Waals surface area contributed by atoms with Gasteiger partial charge in [-0.15, -0.1) is 0 Å². The molecule has 0 aliphatic carbocycles. The van der Waals surface area contributed by atoms with Gasteiger partial charge in [-0.3, -0.25) is 0 Å². The van der Waals surface area contributed by atoms with Crippen LogP contribution in [-0.4, -0.2) is 58.0 Å². The number of aliphatic hydroxyl groups is 4. The SMILES string of the molecule is [2H]C([2H])([2H])C([2H])([2H])Oc1c(F)cc(Cc2cc([C@@H]3O[C@H](CO)[C@@H](O)[C@H](O)[C@H]3O)ccc2Cl)cc1F. The Labute approximate surface area is 184 Å². The molecule has 0 amide bonds. The summed E-state index contributed by atoms with van der Waals surface area (Å²) in [6.45, 7) is -7.24. The van der Waals surface area contributed by atoms with Gasteiger partial charge in [0.05, 0.1) is 15.9 Å². The van der Waals surface area contributed by atoms with Crippen LogP contribution in [0.15, 0.2) is 30.3 Å². The van der Waals surface area contributed by atoms with E-state index in [9.17, 15) is 29.2 Å². The second-order valence-corrected chi connectivity index (χ2v) is 7.28. The van der Waals surface area contributed by atoms with Crippen LogP contribution < -0.4 is 4.74 Å². The number of benzene rings is 2. The maximum Gasteiger partial charge on any atom is 0.190 e. The van der Waals surface area contributed by atoms with Gasteiger partial charge in [0.25, 0.3) is 0 Å². The summed E-state index contributed by atoms with van der Waals surface area (Å²) in [5.41, 5.74) is 0.703. The van der Waals surface area contributed by atoms with Crippen molar-refractivity contribution in [3.63, 3.8) is 0 Å². The third-order valence-electron chi connectivity index (χ3n) is 4.90. The number of rotatable bonds is 6. The Morgan fingerprint density at radius 3 is 2.47 bits per heavy atom. The van der Waals surface area contributed by atoms with Gasteiger partial charge in [0, 0.05) is 9.13 Å². The van der Waals surface area contributed by atoms with Crippen molar-refractivity contribution in [2.45, 2.75) is 43.8 Å². The predicted molar refractivity (Wildman–Crippen MR) is 105 cm³/mol.